The van der Waals surface area contributed by atoms with Gasteiger partial charge in [-0.05, 0) is 36.6 Å². The highest BCUT2D eigenvalue weighted by Gasteiger charge is 2.33. The van der Waals surface area contributed by atoms with Crippen LogP contribution in [0.2, 0.25) is 10.2 Å². The van der Waals surface area contributed by atoms with Gasteiger partial charge < -0.3 is 14.2 Å². The van der Waals surface area contributed by atoms with Crippen LogP contribution in [0.15, 0.2) is 28.8 Å². The summed E-state index contributed by atoms with van der Waals surface area (Å²) in [4.78, 5) is 28.9. The van der Waals surface area contributed by atoms with E-state index in [9.17, 15) is 9.59 Å². The van der Waals surface area contributed by atoms with E-state index in [2.05, 4.69) is 5.16 Å². The van der Waals surface area contributed by atoms with E-state index >= 15 is 0 Å². The van der Waals surface area contributed by atoms with Gasteiger partial charge in [0.05, 0.1) is 12.8 Å². The van der Waals surface area contributed by atoms with Gasteiger partial charge in [0.25, 0.3) is 0 Å². The van der Waals surface area contributed by atoms with Crippen molar-refractivity contribution in [3.8, 4) is 0 Å². The molecule has 29 heavy (non-hydrogen) atoms. The fourth-order valence-electron chi connectivity index (χ4n) is 3.54. The van der Waals surface area contributed by atoms with Crippen LogP contribution in [0.1, 0.15) is 29.3 Å². The summed E-state index contributed by atoms with van der Waals surface area (Å²) in [5, 5.41) is 4.56. The molecule has 1 aromatic heterocycles. The van der Waals surface area contributed by atoms with Crippen molar-refractivity contribution in [1.82, 2.24) is 15.0 Å². The lowest BCUT2D eigenvalue weighted by Crippen LogP contribution is -2.51. The third-order valence-electron chi connectivity index (χ3n) is 5.18. The number of ether oxygens (including phenoxy) is 1. The number of piperazine rings is 1. The normalized spacial score (nSPS) is 15.9. The Morgan fingerprint density at radius 1 is 1.21 bits per heavy atom. The van der Waals surface area contributed by atoms with Crippen LogP contribution in [0.4, 0.5) is 0 Å². The minimum absolute atomic E-state index is 0.0358. The number of halogens is 2. The smallest absolute Gasteiger partial charge is 0.327 e. The number of aromatic nitrogens is 1. The summed E-state index contributed by atoms with van der Waals surface area (Å²) in [7, 11) is 1.36. The van der Waals surface area contributed by atoms with E-state index in [1.54, 1.807) is 17.9 Å². The van der Waals surface area contributed by atoms with Crippen molar-refractivity contribution in [1.29, 1.82) is 0 Å². The van der Waals surface area contributed by atoms with Crippen LogP contribution in [0, 0.1) is 6.92 Å². The SMILES string of the molecule is COC(=O)C(c1ccccc1Cl)N1CCN(C(=O)CCc2c(C)noc2Cl)CC1. The van der Waals surface area contributed by atoms with Gasteiger partial charge in [-0.2, -0.15) is 0 Å². The van der Waals surface area contributed by atoms with E-state index in [0.29, 0.717) is 55.3 Å². The van der Waals surface area contributed by atoms with Crippen LogP contribution in [-0.2, 0) is 20.7 Å². The monoisotopic (exact) mass is 439 g/mol. The number of aryl methyl sites for hydroxylation is 1. The van der Waals surface area contributed by atoms with Gasteiger partial charge in [-0.15, -0.1) is 0 Å². The Morgan fingerprint density at radius 3 is 2.48 bits per heavy atom. The van der Waals surface area contributed by atoms with E-state index < -0.39 is 6.04 Å². The van der Waals surface area contributed by atoms with E-state index in [-0.39, 0.29) is 17.1 Å². The molecule has 1 unspecified atom stereocenters. The molecule has 1 amide bonds. The second-order valence-corrected chi connectivity index (χ2v) is 7.63. The Hall–Kier alpha value is -2.09. The molecule has 0 aliphatic carbocycles. The first-order chi connectivity index (χ1) is 13.9. The standard InChI is InChI=1S/C20H23Cl2N3O4/c1-13-14(19(22)29-23-13)7-8-17(26)24-9-11-25(12-10-24)18(20(27)28-2)15-5-3-4-6-16(15)21/h3-6,18H,7-12H2,1-2H3. The summed E-state index contributed by atoms with van der Waals surface area (Å²) in [5.74, 6) is -0.330. The number of carbonyl (C=O) groups is 2. The molecule has 1 aliphatic heterocycles. The van der Waals surface area contributed by atoms with Crippen LogP contribution in [-0.4, -0.2) is 60.1 Å². The number of benzene rings is 1. The lowest BCUT2D eigenvalue weighted by Gasteiger charge is -2.38. The zero-order chi connectivity index (χ0) is 21.0. The maximum absolute atomic E-state index is 12.6. The number of rotatable bonds is 6. The molecule has 1 fully saturated rings. The number of carbonyl (C=O) groups excluding carboxylic acids is 2. The van der Waals surface area contributed by atoms with E-state index in [1.807, 2.05) is 23.1 Å². The lowest BCUT2D eigenvalue weighted by molar-refractivity contribution is -0.148. The maximum atomic E-state index is 12.6. The van der Waals surface area contributed by atoms with Crippen molar-refractivity contribution in [2.75, 3.05) is 33.3 Å². The van der Waals surface area contributed by atoms with Crippen molar-refractivity contribution in [2.24, 2.45) is 0 Å². The molecule has 0 radical (unpaired) electrons. The molecule has 1 saturated heterocycles. The first-order valence-electron chi connectivity index (χ1n) is 9.37. The Bertz CT molecular complexity index is 859. The third-order valence-corrected chi connectivity index (χ3v) is 5.82. The number of nitrogens with zero attached hydrogens (tertiary/aromatic N) is 3. The summed E-state index contributed by atoms with van der Waals surface area (Å²) in [5.41, 5.74) is 2.18. The Kier molecular flexibility index (Phi) is 7.16. The average Bonchev–Trinajstić information content (AvgIpc) is 3.05. The van der Waals surface area contributed by atoms with Gasteiger partial charge in [-0.1, -0.05) is 35.0 Å². The largest absolute Gasteiger partial charge is 0.468 e. The van der Waals surface area contributed by atoms with Gasteiger partial charge in [0, 0.05) is 43.2 Å². The van der Waals surface area contributed by atoms with E-state index in [1.165, 1.54) is 7.11 Å². The van der Waals surface area contributed by atoms with Crippen molar-refractivity contribution in [3.05, 3.63) is 51.3 Å². The Labute approximate surface area is 179 Å². The lowest BCUT2D eigenvalue weighted by atomic mass is 10.0. The molecule has 1 atom stereocenters. The van der Waals surface area contributed by atoms with Crippen LogP contribution in [0.3, 0.4) is 0 Å². The summed E-state index contributed by atoms with van der Waals surface area (Å²) in [6, 6.07) is 6.65. The van der Waals surface area contributed by atoms with Crippen LogP contribution >= 0.6 is 23.2 Å². The predicted octanol–water partition coefficient (Wildman–Crippen LogP) is 3.28. The molecule has 0 N–H and O–H groups in total. The van der Waals surface area contributed by atoms with Crippen molar-refractivity contribution >= 4 is 35.1 Å². The van der Waals surface area contributed by atoms with Gasteiger partial charge >= 0.3 is 5.97 Å². The molecule has 1 aromatic carbocycles. The molecule has 3 rings (SSSR count). The highest BCUT2D eigenvalue weighted by molar-refractivity contribution is 6.31. The summed E-state index contributed by atoms with van der Waals surface area (Å²) < 4.78 is 9.93. The molecule has 0 saturated carbocycles. The number of amides is 1. The second-order valence-electron chi connectivity index (χ2n) is 6.88. The second kappa shape index (κ2) is 9.61. The van der Waals surface area contributed by atoms with Crippen molar-refractivity contribution in [2.45, 2.75) is 25.8 Å². The quantitative estimate of drug-likeness (QED) is 0.642. The van der Waals surface area contributed by atoms with Gasteiger partial charge in [0.2, 0.25) is 11.1 Å². The minimum Gasteiger partial charge on any atom is -0.468 e. The summed E-state index contributed by atoms with van der Waals surface area (Å²) in [6.07, 6.45) is 0.810. The summed E-state index contributed by atoms with van der Waals surface area (Å²) >= 11 is 12.3. The summed E-state index contributed by atoms with van der Waals surface area (Å²) in [6.45, 7) is 3.93. The van der Waals surface area contributed by atoms with Gasteiger partial charge in [0.1, 0.15) is 6.04 Å². The van der Waals surface area contributed by atoms with Gasteiger partial charge in [-0.25, -0.2) is 4.79 Å². The van der Waals surface area contributed by atoms with Crippen molar-refractivity contribution in [3.63, 3.8) is 0 Å². The van der Waals surface area contributed by atoms with Gasteiger partial charge in [0.15, 0.2) is 0 Å². The molecule has 156 valence electrons. The molecule has 2 aromatic rings. The van der Waals surface area contributed by atoms with Gasteiger partial charge in [-0.3, -0.25) is 9.69 Å². The van der Waals surface area contributed by atoms with Crippen LogP contribution < -0.4 is 0 Å². The molecule has 0 bridgehead atoms. The van der Waals surface area contributed by atoms with E-state index in [4.69, 9.17) is 32.5 Å². The fraction of sp³-hybridized carbons (Fsp3) is 0.450. The van der Waals surface area contributed by atoms with E-state index in [0.717, 1.165) is 5.56 Å². The molecular weight excluding hydrogens is 417 g/mol. The zero-order valence-corrected chi connectivity index (χ0v) is 17.9. The first-order valence-corrected chi connectivity index (χ1v) is 10.1. The predicted molar refractivity (Wildman–Crippen MR) is 109 cm³/mol. The minimum atomic E-state index is -0.593. The molecule has 7 nitrogen and oxygen atoms in total. The molecule has 0 spiro atoms. The Morgan fingerprint density at radius 2 is 1.90 bits per heavy atom. The number of esters is 1. The van der Waals surface area contributed by atoms with Crippen LogP contribution in [0.5, 0.6) is 0 Å². The fourth-order valence-corrected chi connectivity index (χ4v) is 4.05. The first kappa shape index (κ1) is 21.6. The highest BCUT2D eigenvalue weighted by atomic mass is 35.5. The molecule has 1 aliphatic rings. The number of hydrogen-bond donors (Lipinski definition) is 0. The third kappa shape index (κ3) is 4.91. The number of hydrogen-bond acceptors (Lipinski definition) is 6. The average molecular weight is 440 g/mol. The number of methoxy groups -OCH3 is 1. The van der Waals surface area contributed by atoms with Crippen molar-refractivity contribution < 1.29 is 18.8 Å². The molecule has 2 heterocycles. The topological polar surface area (TPSA) is 75.9 Å². The maximum Gasteiger partial charge on any atom is 0.327 e. The van der Waals surface area contributed by atoms with Crippen LogP contribution in [0.25, 0.3) is 0 Å². The molecular formula is C20H23Cl2N3O4. The Balaban J connectivity index is 1.61. The zero-order valence-electron chi connectivity index (χ0n) is 16.4. The molecule has 9 heteroatoms. The highest BCUT2D eigenvalue weighted by Crippen LogP contribution is 2.29.